The Labute approximate surface area is 155 Å². The van der Waals surface area contributed by atoms with Gasteiger partial charge < -0.3 is 10.2 Å². The van der Waals surface area contributed by atoms with Crippen LogP contribution in [-0.2, 0) is 9.59 Å². The fourth-order valence-corrected chi connectivity index (χ4v) is 3.12. The zero-order valence-corrected chi connectivity index (χ0v) is 15.8. The number of alkyl halides is 1. The van der Waals surface area contributed by atoms with Crippen LogP contribution in [0.4, 0.5) is 4.39 Å². The van der Waals surface area contributed by atoms with Crippen LogP contribution < -0.4 is 0 Å². The number of aliphatic carboxylic acids is 1. The number of carboxylic acids is 1. The second-order valence-electron chi connectivity index (χ2n) is 7.37. The van der Waals surface area contributed by atoms with Gasteiger partial charge in [-0.1, -0.05) is 43.8 Å². The third kappa shape index (κ3) is 8.14. The molecule has 0 saturated heterocycles. The van der Waals surface area contributed by atoms with Gasteiger partial charge in [0.1, 0.15) is 11.5 Å². The number of Topliss-reactive ketones (excluding diaryl/α,β-unsaturated/α-hetero) is 1. The van der Waals surface area contributed by atoms with Crippen molar-refractivity contribution in [3.63, 3.8) is 0 Å². The van der Waals surface area contributed by atoms with Crippen LogP contribution in [0, 0.1) is 23.7 Å². The Bertz CT molecular complexity index is 556. The molecule has 1 aliphatic carbocycles. The van der Waals surface area contributed by atoms with Crippen LogP contribution in [0.1, 0.15) is 71.6 Å². The van der Waals surface area contributed by atoms with Crippen molar-refractivity contribution in [1.82, 2.24) is 0 Å². The summed E-state index contributed by atoms with van der Waals surface area (Å²) in [4.78, 5) is 22.6. The Balaban J connectivity index is 2.48. The van der Waals surface area contributed by atoms with Gasteiger partial charge in [-0.3, -0.25) is 4.79 Å². The van der Waals surface area contributed by atoms with E-state index in [2.05, 4.69) is 11.8 Å². The molecule has 0 amide bonds. The smallest absolute Gasteiger partial charge is 0.332 e. The lowest BCUT2D eigenvalue weighted by atomic mass is 9.91. The van der Waals surface area contributed by atoms with Gasteiger partial charge in [0.2, 0.25) is 0 Å². The fraction of sp³-hybridized carbons (Fsp3) is 0.714. The highest BCUT2D eigenvalue weighted by atomic mass is 19.1. The first-order valence-corrected chi connectivity index (χ1v) is 9.52. The molecule has 1 rings (SSSR count). The van der Waals surface area contributed by atoms with E-state index in [4.69, 9.17) is 5.11 Å². The minimum absolute atomic E-state index is 0.0289. The average molecular weight is 366 g/mol. The molecule has 26 heavy (non-hydrogen) atoms. The normalized spacial score (nSPS) is 23.5. The van der Waals surface area contributed by atoms with Crippen molar-refractivity contribution in [2.75, 3.05) is 0 Å². The maximum Gasteiger partial charge on any atom is 0.332 e. The number of hydrogen-bond acceptors (Lipinski definition) is 3. The summed E-state index contributed by atoms with van der Waals surface area (Å²) in [6.07, 6.45) is 7.22. The Morgan fingerprint density at radius 2 is 2.19 bits per heavy atom. The molecule has 0 aromatic carbocycles. The largest absolute Gasteiger partial charge is 0.479 e. The second-order valence-corrected chi connectivity index (χ2v) is 7.37. The molecule has 0 heterocycles. The molecule has 1 unspecified atom stereocenters. The number of carbonyl (C=O) groups is 2. The van der Waals surface area contributed by atoms with Crippen molar-refractivity contribution in [3.8, 4) is 11.8 Å². The molecular weight excluding hydrogens is 335 g/mol. The quantitative estimate of drug-likeness (QED) is 0.451. The molecule has 1 aliphatic rings. The van der Waals surface area contributed by atoms with Crippen molar-refractivity contribution < 1.29 is 24.2 Å². The van der Waals surface area contributed by atoms with Crippen LogP contribution in [0.3, 0.4) is 0 Å². The second kappa shape index (κ2) is 11.1. The number of rotatable bonds is 10. The van der Waals surface area contributed by atoms with Crippen LogP contribution in [0.15, 0.2) is 12.2 Å². The zero-order chi connectivity index (χ0) is 19.6. The average Bonchev–Trinajstić information content (AvgIpc) is 2.92. The zero-order valence-electron chi connectivity index (χ0n) is 15.8. The van der Waals surface area contributed by atoms with Crippen molar-refractivity contribution in [3.05, 3.63) is 12.2 Å². The van der Waals surface area contributed by atoms with E-state index < -0.39 is 17.7 Å². The number of aliphatic hydroxyl groups excluding tert-OH is 1. The number of carbonyl (C=O) groups excluding carboxylic acids is 1. The van der Waals surface area contributed by atoms with E-state index in [0.717, 1.165) is 19.3 Å². The molecule has 5 heteroatoms. The van der Waals surface area contributed by atoms with Gasteiger partial charge in [-0.15, -0.1) is 0 Å². The first-order valence-electron chi connectivity index (χ1n) is 9.52. The molecule has 4 atom stereocenters. The van der Waals surface area contributed by atoms with Gasteiger partial charge >= 0.3 is 5.97 Å². The van der Waals surface area contributed by atoms with E-state index in [1.54, 1.807) is 13.0 Å². The minimum atomic E-state index is -1.35. The third-order valence-electron chi connectivity index (χ3n) is 4.85. The molecule has 0 aromatic rings. The first kappa shape index (κ1) is 22.4. The van der Waals surface area contributed by atoms with Crippen molar-refractivity contribution in [2.24, 2.45) is 11.8 Å². The summed E-state index contributed by atoms with van der Waals surface area (Å²) in [5, 5.41) is 17.8. The maximum atomic E-state index is 14.3. The molecule has 0 aliphatic heterocycles. The number of allylic oxidation sites excluding steroid dienone is 2. The van der Waals surface area contributed by atoms with Gasteiger partial charge in [0.05, 0.1) is 0 Å². The molecule has 4 nitrogen and oxygen atoms in total. The lowest BCUT2D eigenvalue weighted by Crippen LogP contribution is -2.18. The number of carboxylic acid groups (broad SMARTS) is 1. The van der Waals surface area contributed by atoms with E-state index in [0.29, 0.717) is 25.7 Å². The van der Waals surface area contributed by atoms with Crippen LogP contribution in [0.2, 0.25) is 0 Å². The van der Waals surface area contributed by atoms with Gasteiger partial charge in [0.15, 0.2) is 6.10 Å². The van der Waals surface area contributed by atoms with Crippen LogP contribution in [0.5, 0.6) is 0 Å². The van der Waals surface area contributed by atoms with E-state index >= 15 is 0 Å². The van der Waals surface area contributed by atoms with Gasteiger partial charge in [-0.05, 0) is 39.0 Å². The number of unbranched alkanes of at least 4 members (excludes halogenated alkanes) is 1. The molecule has 0 radical (unpaired) electrons. The maximum absolute atomic E-state index is 14.3. The van der Waals surface area contributed by atoms with Crippen molar-refractivity contribution in [1.29, 1.82) is 0 Å². The first-order chi connectivity index (χ1) is 12.3. The molecular formula is C21H31FO4. The van der Waals surface area contributed by atoms with E-state index in [1.165, 1.54) is 0 Å². The summed E-state index contributed by atoms with van der Waals surface area (Å²) in [5.41, 5.74) is -1.27. The lowest BCUT2D eigenvalue weighted by Gasteiger charge is -2.17. The predicted octanol–water partition coefficient (Wildman–Crippen LogP) is 4.07. The van der Waals surface area contributed by atoms with Gasteiger partial charge in [-0.25, -0.2) is 9.18 Å². The molecule has 0 aromatic heterocycles. The summed E-state index contributed by atoms with van der Waals surface area (Å²) < 4.78 is 14.3. The Morgan fingerprint density at radius 3 is 2.85 bits per heavy atom. The molecule has 1 saturated carbocycles. The van der Waals surface area contributed by atoms with Crippen LogP contribution in [0.25, 0.3) is 0 Å². The lowest BCUT2D eigenvalue weighted by molar-refractivity contribution is -0.146. The standard InChI is InChI=1S/C21H31FO4/c1-3-4-14-21(2,22)15-8-9-16-12-13-18(23)17(16)10-6-5-7-11-19(24)20(25)26/h5-6,16-17,19,24H,3-4,7,10-15H2,1-2H3,(H,25,26)/t16-,17+,19?,21+/m0/s1. The molecule has 1 fully saturated rings. The molecule has 2 N–H and O–H groups in total. The highest BCUT2D eigenvalue weighted by molar-refractivity contribution is 5.84. The SMILES string of the molecule is CCCC[C@@](C)(F)CC#C[C@H]1CCC(=O)[C@@H]1CC=CCCC(O)C(=O)O. The number of ketones is 1. The summed E-state index contributed by atoms with van der Waals surface area (Å²) in [6.45, 7) is 3.62. The van der Waals surface area contributed by atoms with Crippen LogP contribution >= 0.6 is 0 Å². The Hall–Kier alpha value is -1.67. The summed E-state index contributed by atoms with van der Waals surface area (Å²) >= 11 is 0. The minimum Gasteiger partial charge on any atom is -0.479 e. The highest BCUT2D eigenvalue weighted by Gasteiger charge is 2.32. The predicted molar refractivity (Wildman–Crippen MR) is 99.3 cm³/mol. The third-order valence-corrected chi connectivity index (χ3v) is 4.85. The van der Waals surface area contributed by atoms with Crippen molar-refractivity contribution in [2.45, 2.75) is 83.4 Å². The fourth-order valence-electron chi connectivity index (χ4n) is 3.12. The van der Waals surface area contributed by atoms with Gasteiger partial charge in [0.25, 0.3) is 0 Å². The summed E-state index contributed by atoms with van der Waals surface area (Å²) in [6, 6.07) is 0. The van der Waals surface area contributed by atoms with Crippen molar-refractivity contribution >= 4 is 11.8 Å². The van der Waals surface area contributed by atoms with Crippen LogP contribution in [-0.4, -0.2) is 33.7 Å². The molecule has 146 valence electrons. The highest BCUT2D eigenvalue weighted by Crippen LogP contribution is 2.31. The molecule has 0 spiro atoms. The Morgan fingerprint density at radius 1 is 1.46 bits per heavy atom. The topological polar surface area (TPSA) is 74.6 Å². The monoisotopic (exact) mass is 366 g/mol. The van der Waals surface area contributed by atoms with Gasteiger partial charge in [0, 0.05) is 24.7 Å². The number of halogens is 1. The van der Waals surface area contributed by atoms with Gasteiger partial charge in [-0.2, -0.15) is 0 Å². The summed E-state index contributed by atoms with van der Waals surface area (Å²) in [7, 11) is 0. The number of hydrogen-bond donors (Lipinski definition) is 2. The van der Waals surface area contributed by atoms with E-state index in [-0.39, 0.29) is 30.5 Å². The number of aliphatic hydroxyl groups is 1. The molecule has 0 bridgehead atoms. The van der Waals surface area contributed by atoms with E-state index in [9.17, 15) is 19.1 Å². The summed E-state index contributed by atoms with van der Waals surface area (Å²) in [5.74, 6) is 4.84. The van der Waals surface area contributed by atoms with E-state index in [1.807, 2.05) is 13.0 Å². The Kier molecular flexibility index (Phi) is 9.58.